The third kappa shape index (κ3) is 4.39. The lowest BCUT2D eigenvalue weighted by atomic mass is 10.2. The summed E-state index contributed by atoms with van der Waals surface area (Å²) in [5.74, 6) is 1.67. The fraction of sp³-hybridized carbons (Fsp3) is 0.318. The molecular formula is C22H24FN3O4. The molecule has 0 bridgehead atoms. The Morgan fingerprint density at radius 3 is 2.73 bits per heavy atom. The van der Waals surface area contributed by atoms with Crippen LogP contribution in [0.15, 0.2) is 42.5 Å². The molecule has 8 heteroatoms. The second-order valence-electron chi connectivity index (χ2n) is 7.15. The van der Waals surface area contributed by atoms with Gasteiger partial charge in [0.25, 0.3) is 0 Å². The molecule has 2 N–H and O–H groups in total. The van der Waals surface area contributed by atoms with E-state index in [2.05, 4.69) is 10.4 Å². The Morgan fingerprint density at radius 2 is 1.93 bits per heavy atom. The number of aliphatic hydroxyl groups is 1. The standard InChI is InChI=1S/C22H24FN3O4/c1-14-20(15(2)26(25-14)17-5-3-16(23)4-6-17)11-24-10-18(27)12-28-19-7-8-21-22(9-19)30-13-29-21/h3-9,18,24,27H,10-13H2,1-2H3. The number of hydrogen-bond acceptors (Lipinski definition) is 6. The maximum atomic E-state index is 13.2. The highest BCUT2D eigenvalue weighted by molar-refractivity contribution is 5.46. The van der Waals surface area contributed by atoms with Crippen LogP contribution >= 0.6 is 0 Å². The Kier molecular flexibility index (Phi) is 5.87. The Hall–Kier alpha value is -3.10. The van der Waals surface area contributed by atoms with Gasteiger partial charge in [-0.05, 0) is 50.2 Å². The van der Waals surface area contributed by atoms with Crippen molar-refractivity contribution in [3.8, 4) is 22.9 Å². The molecule has 2 heterocycles. The first-order chi connectivity index (χ1) is 14.5. The second kappa shape index (κ2) is 8.73. The molecule has 3 aromatic rings. The highest BCUT2D eigenvalue weighted by Gasteiger charge is 2.15. The average Bonchev–Trinajstić information content (AvgIpc) is 3.32. The van der Waals surface area contributed by atoms with E-state index in [9.17, 15) is 9.50 Å². The lowest BCUT2D eigenvalue weighted by Crippen LogP contribution is -2.31. The van der Waals surface area contributed by atoms with E-state index >= 15 is 0 Å². The molecule has 7 nitrogen and oxygen atoms in total. The van der Waals surface area contributed by atoms with E-state index in [1.54, 1.807) is 35.0 Å². The first-order valence-corrected chi connectivity index (χ1v) is 9.73. The predicted octanol–water partition coefficient (Wildman–Crippen LogP) is 2.89. The SMILES string of the molecule is Cc1nn(-c2ccc(F)cc2)c(C)c1CNCC(O)COc1ccc2c(c1)OCO2. The molecule has 0 saturated carbocycles. The predicted molar refractivity (Wildman–Crippen MR) is 109 cm³/mol. The fourth-order valence-electron chi connectivity index (χ4n) is 3.35. The fourth-order valence-corrected chi connectivity index (χ4v) is 3.35. The summed E-state index contributed by atoms with van der Waals surface area (Å²) < 4.78 is 31.2. The van der Waals surface area contributed by atoms with Gasteiger partial charge in [0.05, 0.1) is 11.4 Å². The molecule has 1 aromatic heterocycles. The molecule has 0 aliphatic carbocycles. The third-order valence-electron chi connectivity index (χ3n) is 4.98. The van der Waals surface area contributed by atoms with Crippen LogP contribution in [-0.4, -0.2) is 40.9 Å². The smallest absolute Gasteiger partial charge is 0.231 e. The number of hydrogen-bond donors (Lipinski definition) is 2. The summed E-state index contributed by atoms with van der Waals surface area (Å²) in [6, 6.07) is 11.5. The van der Waals surface area contributed by atoms with Crippen LogP contribution in [0.2, 0.25) is 0 Å². The number of fused-ring (bicyclic) bond motifs is 1. The number of rotatable bonds is 8. The van der Waals surface area contributed by atoms with Gasteiger partial charge in [-0.15, -0.1) is 0 Å². The highest BCUT2D eigenvalue weighted by atomic mass is 19.1. The zero-order chi connectivity index (χ0) is 21.1. The first kappa shape index (κ1) is 20.2. The largest absolute Gasteiger partial charge is 0.491 e. The molecule has 1 aliphatic rings. The van der Waals surface area contributed by atoms with Crippen molar-refractivity contribution in [3.63, 3.8) is 0 Å². The molecule has 4 rings (SSSR count). The zero-order valence-electron chi connectivity index (χ0n) is 16.9. The van der Waals surface area contributed by atoms with Gasteiger partial charge >= 0.3 is 0 Å². The number of aryl methyl sites for hydroxylation is 1. The Labute approximate surface area is 174 Å². The van der Waals surface area contributed by atoms with Crippen LogP contribution in [0.3, 0.4) is 0 Å². The normalized spacial score (nSPS) is 13.5. The minimum Gasteiger partial charge on any atom is -0.491 e. The van der Waals surface area contributed by atoms with Crippen molar-refractivity contribution >= 4 is 0 Å². The molecule has 2 aromatic carbocycles. The van der Waals surface area contributed by atoms with Gasteiger partial charge < -0.3 is 24.6 Å². The molecule has 0 amide bonds. The van der Waals surface area contributed by atoms with E-state index in [1.807, 2.05) is 13.8 Å². The summed E-state index contributed by atoms with van der Waals surface area (Å²) in [7, 11) is 0. The van der Waals surface area contributed by atoms with E-state index in [4.69, 9.17) is 14.2 Å². The summed E-state index contributed by atoms with van der Waals surface area (Å²) in [4.78, 5) is 0. The molecule has 30 heavy (non-hydrogen) atoms. The van der Waals surface area contributed by atoms with Crippen LogP contribution in [0.4, 0.5) is 4.39 Å². The van der Waals surface area contributed by atoms with Crippen LogP contribution in [0.25, 0.3) is 5.69 Å². The molecule has 0 radical (unpaired) electrons. The van der Waals surface area contributed by atoms with Gasteiger partial charge in [-0.2, -0.15) is 5.10 Å². The van der Waals surface area contributed by atoms with E-state index in [0.29, 0.717) is 30.3 Å². The molecule has 1 unspecified atom stereocenters. The van der Waals surface area contributed by atoms with Crippen LogP contribution < -0.4 is 19.5 Å². The van der Waals surface area contributed by atoms with Crippen LogP contribution in [0.5, 0.6) is 17.2 Å². The maximum Gasteiger partial charge on any atom is 0.231 e. The van der Waals surface area contributed by atoms with Crippen molar-refractivity contribution in [2.24, 2.45) is 0 Å². The summed E-state index contributed by atoms with van der Waals surface area (Å²) in [6.45, 7) is 5.19. The van der Waals surface area contributed by atoms with Crippen LogP contribution in [-0.2, 0) is 6.54 Å². The van der Waals surface area contributed by atoms with Gasteiger partial charge in [-0.25, -0.2) is 9.07 Å². The number of nitrogens with one attached hydrogen (secondary N) is 1. The number of halogens is 1. The molecule has 1 atom stereocenters. The minimum absolute atomic E-state index is 0.152. The van der Waals surface area contributed by atoms with Gasteiger partial charge in [0.15, 0.2) is 11.5 Å². The Morgan fingerprint density at radius 1 is 1.17 bits per heavy atom. The van der Waals surface area contributed by atoms with Crippen molar-refractivity contribution in [1.82, 2.24) is 15.1 Å². The Balaban J connectivity index is 1.29. The lowest BCUT2D eigenvalue weighted by Gasteiger charge is -2.14. The molecule has 158 valence electrons. The maximum absolute atomic E-state index is 13.2. The summed E-state index contributed by atoms with van der Waals surface area (Å²) in [5.41, 5.74) is 3.71. The quantitative estimate of drug-likeness (QED) is 0.591. The van der Waals surface area contributed by atoms with Gasteiger partial charge in [-0.1, -0.05) is 0 Å². The highest BCUT2D eigenvalue weighted by Crippen LogP contribution is 2.35. The monoisotopic (exact) mass is 413 g/mol. The van der Waals surface area contributed by atoms with Crippen molar-refractivity contribution in [2.75, 3.05) is 19.9 Å². The van der Waals surface area contributed by atoms with E-state index in [1.165, 1.54) is 12.1 Å². The van der Waals surface area contributed by atoms with Crippen molar-refractivity contribution in [1.29, 1.82) is 0 Å². The van der Waals surface area contributed by atoms with Crippen molar-refractivity contribution < 1.29 is 23.7 Å². The van der Waals surface area contributed by atoms with Gasteiger partial charge in [0, 0.05) is 30.4 Å². The summed E-state index contributed by atoms with van der Waals surface area (Å²) >= 11 is 0. The minimum atomic E-state index is -0.678. The topological polar surface area (TPSA) is 77.8 Å². The van der Waals surface area contributed by atoms with Crippen molar-refractivity contribution in [2.45, 2.75) is 26.5 Å². The van der Waals surface area contributed by atoms with Crippen LogP contribution in [0.1, 0.15) is 17.0 Å². The molecular weight excluding hydrogens is 389 g/mol. The Bertz CT molecular complexity index is 1020. The molecule has 0 saturated heterocycles. The number of ether oxygens (including phenoxy) is 3. The number of benzene rings is 2. The van der Waals surface area contributed by atoms with E-state index in [0.717, 1.165) is 22.6 Å². The van der Waals surface area contributed by atoms with Crippen LogP contribution in [0, 0.1) is 19.7 Å². The second-order valence-corrected chi connectivity index (χ2v) is 7.15. The lowest BCUT2D eigenvalue weighted by molar-refractivity contribution is 0.106. The van der Waals surface area contributed by atoms with Gasteiger partial charge in [0.1, 0.15) is 24.3 Å². The van der Waals surface area contributed by atoms with Gasteiger partial charge in [-0.3, -0.25) is 0 Å². The van der Waals surface area contributed by atoms with Gasteiger partial charge in [0.2, 0.25) is 6.79 Å². The molecule has 0 fully saturated rings. The average molecular weight is 413 g/mol. The van der Waals surface area contributed by atoms with Crippen molar-refractivity contribution in [3.05, 3.63) is 65.2 Å². The summed E-state index contributed by atoms with van der Waals surface area (Å²) in [5, 5.41) is 18.0. The molecule has 1 aliphatic heterocycles. The van der Waals surface area contributed by atoms with E-state index in [-0.39, 0.29) is 19.2 Å². The number of aromatic nitrogens is 2. The third-order valence-corrected chi connectivity index (χ3v) is 4.98. The zero-order valence-corrected chi connectivity index (χ0v) is 16.9. The number of aliphatic hydroxyl groups excluding tert-OH is 1. The first-order valence-electron chi connectivity index (χ1n) is 9.73. The van der Waals surface area contributed by atoms with E-state index < -0.39 is 6.10 Å². The summed E-state index contributed by atoms with van der Waals surface area (Å²) in [6.07, 6.45) is -0.678. The number of nitrogens with zero attached hydrogens (tertiary/aromatic N) is 2. The molecule has 0 spiro atoms.